The van der Waals surface area contributed by atoms with Crippen molar-refractivity contribution in [3.05, 3.63) is 57.3 Å². The highest BCUT2D eigenvalue weighted by Crippen LogP contribution is 2.42. The average Bonchev–Trinajstić information content (AvgIpc) is 2.60. The van der Waals surface area contributed by atoms with Gasteiger partial charge in [0.25, 0.3) is 0 Å². The molecule has 1 N–H and O–H groups in total. The fourth-order valence-electron chi connectivity index (χ4n) is 3.60. The van der Waals surface area contributed by atoms with Crippen LogP contribution in [0.4, 0.5) is 4.39 Å². The van der Waals surface area contributed by atoms with E-state index >= 15 is 0 Å². The highest BCUT2D eigenvalue weighted by molar-refractivity contribution is 6.35. The second-order valence-corrected chi connectivity index (χ2v) is 7.77. The van der Waals surface area contributed by atoms with Gasteiger partial charge in [-0.05, 0) is 18.2 Å². The minimum Gasteiger partial charge on any atom is -0.493 e. The third kappa shape index (κ3) is 3.64. The first-order valence-electron chi connectivity index (χ1n) is 8.93. The van der Waals surface area contributed by atoms with E-state index in [4.69, 9.17) is 37.8 Å². The number of benzene rings is 2. The fourth-order valence-corrected chi connectivity index (χ4v) is 4.11. The van der Waals surface area contributed by atoms with Crippen molar-refractivity contribution in [3.8, 4) is 11.5 Å². The van der Waals surface area contributed by atoms with Gasteiger partial charge in [-0.2, -0.15) is 0 Å². The number of nitrogens with zero attached hydrogens (tertiary/aromatic N) is 1. The third-order valence-corrected chi connectivity index (χ3v) is 5.91. The molecule has 2 aliphatic heterocycles. The molecular weight excluding hydrogens is 408 g/mol. The van der Waals surface area contributed by atoms with Crippen molar-refractivity contribution in [2.75, 3.05) is 19.7 Å². The lowest BCUT2D eigenvalue weighted by molar-refractivity contribution is -0.149. The molecule has 8 heteroatoms. The first-order chi connectivity index (χ1) is 13.4. The number of rotatable bonds is 5. The number of hydrogen-bond acceptors (Lipinski definition) is 4. The number of fused-ring (bicyclic) bond motifs is 1. The molecule has 2 heterocycles. The molecule has 1 atom stereocenters. The number of carboxylic acid groups (broad SMARTS) is 1. The minimum atomic E-state index is -0.795. The van der Waals surface area contributed by atoms with E-state index in [0.717, 1.165) is 5.56 Å². The van der Waals surface area contributed by atoms with E-state index in [0.29, 0.717) is 47.5 Å². The molecule has 0 bridgehead atoms. The Morgan fingerprint density at radius 2 is 2.00 bits per heavy atom. The lowest BCUT2D eigenvalue weighted by Gasteiger charge is -2.44. The van der Waals surface area contributed by atoms with Crippen LogP contribution in [0, 0.1) is 11.7 Å². The molecule has 4 rings (SSSR count). The lowest BCUT2D eigenvalue weighted by atomic mass is 9.91. The number of likely N-dealkylation sites (tertiary alicyclic amines) is 1. The molecule has 0 aromatic heterocycles. The van der Waals surface area contributed by atoms with Crippen LogP contribution in [0.25, 0.3) is 0 Å². The molecule has 2 aromatic carbocycles. The van der Waals surface area contributed by atoms with Crippen molar-refractivity contribution in [1.82, 2.24) is 4.90 Å². The Balaban J connectivity index is 1.52. The number of halogens is 3. The van der Waals surface area contributed by atoms with Crippen LogP contribution in [-0.4, -0.2) is 35.7 Å². The van der Waals surface area contributed by atoms with E-state index in [1.54, 1.807) is 18.2 Å². The van der Waals surface area contributed by atoms with Gasteiger partial charge < -0.3 is 14.6 Å². The van der Waals surface area contributed by atoms with Gasteiger partial charge in [0.1, 0.15) is 12.4 Å². The predicted molar refractivity (Wildman–Crippen MR) is 103 cm³/mol. The molecule has 5 nitrogen and oxygen atoms in total. The van der Waals surface area contributed by atoms with E-state index in [-0.39, 0.29) is 24.3 Å². The van der Waals surface area contributed by atoms with E-state index < -0.39 is 11.8 Å². The smallest absolute Gasteiger partial charge is 0.309 e. The van der Waals surface area contributed by atoms with Gasteiger partial charge >= 0.3 is 5.97 Å². The Morgan fingerprint density at radius 1 is 1.29 bits per heavy atom. The van der Waals surface area contributed by atoms with Gasteiger partial charge in [-0.3, -0.25) is 9.69 Å². The summed E-state index contributed by atoms with van der Waals surface area (Å²) in [4.78, 5) is 13.1. The second kappa shape index (κ2) is 7.78. The summed E-state index contributed by atoms with van der Waals surface area (Å²) in [7, 11) is 0. The standard InChI is InChI=1S/C20H18Cl2FNO4/c21-14-2-1-3-15(22)13(14)10-28-19-7-18-12(6-16(19)23)17(4-5-27-18)24-8-11(9-24)20(25)26/h1-3,6-7,11,17H,4-5,8-10H2,(H,25,26). The summed E-state index contributed by atoms with van der Waals surface area (Å²) in [5, 5.41) is 9.97. The molecule has 0 saturated carbocycles. The van der Waals surface area contributed by atoms with Crippen molar-refractivity contribution in [1.29, 1.82) is 0 Å². The van der Waals surface area contributed by atoms with Gasteiger partial charge in [-0.15, -0.1) is 0 Å². The van der Waals surface area contributed by atoms with E-state index in [1.807, 2.05) is 4.90 Å². The summed E-state index contributed by atoms with van der Waals surface area (Å²) in [6, 6.07) is 8.01. The maximum Gasteiger partial charge on any atom is 0.309 e. The van der Waals surface area contributed by atoms with Crippen LogP contribution in [0.3, 0.4) is 0 Å². The number of carbonyl (C=O) groups is 1. The predicted octanol–water partition coefficient (Wildman–Crippen LogP) is 4.55. The van der Waals surface area contributed by atoms with Gasteiger partial charge in [0.2, 0.25) is 0 Å². The van der Waals surface area contributed by atoms with Crippen LogP contribution in [-0.2, 0) is 11.4 Å². The molecule has 28 heavy (non-hydrogen) atoms. The zero-order valence-corrected chi connectivity index (χ0v) is 16.3. The summed E-state index contributed by atoms with van der Waals surface area (Å²) in [6.07, 6.45) is 0.689. The van der Waals surface area contributed by atoms with E-state index in [9.17, 15) is 9.18 Å². The van der Waals surface area contributed by atoms with Crippen LogP contribution in [0.1, 0.15) is 23.6 Å². The van der Waals surface area contributed by atoms with Crippen LogP contribution >= 0.6 is 23.2 Å². The Morgan fingerprint density at radius 3 is 2.68 bits per heavy atom. The fraction of sp³-hybridized carbons (Fsp3) is 0.350. The summed E-state index contributed by atoms with van der Waals surface area (Å²) in [5.74, 6) is -1.05. The summed E-state index contributed by atoms with van der Waals surface area (Å²) >= 11 is 12.3. The highest BCUT2D eigenvalue weighted by Gasteiger charge is 2.39. The Kier molecular flexibility index (Phi) is 5.36. The quantitative estimate of drug-likeness (QED) is 0.760. The van der Waals surface area contributed by atoms with Gasteiger partial charge in [-0.25, -0.2) is 4.39 Å². The molecule has 0 amide bonds. The van der Waals surface area contributed by atoms with E-state index in [2.05, 4.69) is 0 Å². The maximum atomic E-state index is 14.7. The lowest BCUT2D eigenvalue weighted by Crippen LogP contribution is -2.52. The van der Waals surface area contributed by atoms with Crippen LogP contribution in [0.2, 0.25) is 10.0 Å². The number of aliphatic carboxylic acids is 1. The summed E-state index contributed by atoms with van der Waals surface area (Å²) in [6.45, 7) is 1.44. The average molecular weight is 426 g/mol. The van der Waals surface area contributed by atoms with Crippen molar-refractivity contribution in [3.63, 3.8) is 0 Å². The number of carboxylic acids is 1. The molecule has 2 aliphatic rings. The van der Waals surface area contributed by atoms with Crippen molar-refractivity contribution >= 4 is 29.2 Å². The maximum absolute atomic E-state index is 14.7. The molecule has 1 saturated heterocycles. The Labute approximate surface area is 171 Å². The molecule has 1 fully saturated rings. The highest BCUT2D eigenvalue weighted by atomic mass is 35.5. The SMILES string of the molecule is O=C(O)C1CN(C2CCOc3cc(OCc4c(Cl)cccc4Cl)c(F)cc32)C1. The molecule has 148 valence electrons. The van der Waals surface area contributed by atoms with Gasteiger partial charge in [0.05, 0.1) is 12.5 Å². The minimum absolute atomic E-state index is 0.0318. The molecular formula is C20H18Cl2FNO4. The molecule has 0 radical (unpaired) electrons. The van der Waals surface area contributed by atoms with Crippen molar-refractivity contribution in [2.24, 2.45) is 5.92 Å². The van der Waals surface area contributed by atoms with Crippen LogP contribution in [0.5, 0.6) is 11.5 Å². The van der Waals surface area contributed by atoms with Gasteiger partial charge in [0, 0.05) is 52.8 Å². The largest absolute Gasteiger partial charge is 0.493 e. The zero-order valence-electron chi connectivity index (χ0n) is 14.8. The van der Waals surface area contributed by atoms with E-state index in [1.165, 1.54) is 12.1 Å². The number of hydrogen-bond donors (Lipinski definition) is 1. The van der Waals surface area contributed by atoms with Crippen molar-refractivity contribution < 1.29 is 23.8 Å². The van der Waals surface area contributed by atoms with Gasteiger partial charge in [0.15, 0.2) is 11.6 Å². The van der Waals surface area contributed by atoms with Crippen LogP contribution in [0.15, 0.2) is 30.3 Å². The summed E-state index contributed by atoms with van der Waals surface area (Å²) in [5.41, 5.74) is 1.30. The first kappa shape index (κ1) is 19.3. The second-order valence-electron chi connectivity index (χ2n) is 6.95. The van der Waals surface area contributed by atoms with Gasteiger partial charge in [-0.1, -0.05) is 29.3 Å². The first-order valence-corrected chi connectivity index (χ1v) is 9.68. The van der Waals surface area contributed by atoms with Crippen LogP contribution < -0.4 is 9.47 Å². The normalized spacial score (nSPS) is 19.5. The molecule has 1 unspecified atom stereocenters. The third-order valence-electron chi connectivity index (χ3n) is 5.21. The topological polar surface area (TPSA) is 59.0 Å². The monoisotopic (exact) mass is 425 g/mol. The summed E-state index contributed by atoms with van der Waals surface area (Å²) < 4.78 is 26.0. The molecule has 2 aromatic rings. The van der Waals surface area contributed by atoms with Crippen molar-refractivity contribution in [2.45, 2.75) is 19.1 Å². The Bertz CT molecular complexity index is 897. The molecule has 0 spiro atoms. The Hall–Kier alpha value is -2.02. The molecule has 0 aliphatic carbocycles. The zero-order chi connectivity index (χ0) is 19.8. The number of ether oxygens (including phenoxy) is 2.